The summed E-state index contributed by atoms with van der Waals surface area (Å²) in [6, 6.07) is 11.2. The van der Waals surface area contributed by atoms with Gasteiger partial charge in [0.2, 0.25) is 6.79 Å². The van der Waals surface area contributed by atoms with Crippen LogP contribution in [0.2, 0.25) is 0 Å². The number of nitrogens with one attached hydrogen (secondary N) is 1. The SMILES string of the molecule is Cc1ccc(S(=O)(=O)NC(=O)OCc2ccc3c(c2)OCO3)cc1. The summed E-state index contributed by atoms with van der Waals surface area (Å²) in [4.78, 5) is 11.7. The van der Waals surface area contributed by atoms with Crippen molar-refractivity contribution in [2.45, 2.75) is 18.4 Å². The lowest BCUT2D eigenvalue weighted by Gasteiger charge is -2.08. The topological polar surface area (TPSA) is 90.9 Å². The van der Waals surface area contributed by atoms with Crippen molar-refractivity contribution in [3.05, 3.63) is 53.6 Å². The van der Waals surface area contributed by atoms with Gasteiger partial charge in [0.15, 0.2) is 11.5 Å². The molecule has 2 aromatic rings. The largest absolute Gasteiger partial charge is 0.454 e. The summed E-state index contributed by atoms with van der Waals surface area (Å²) in [7, 11) is -3.96. The summed E-state index contributed by atoms with van der Waals surface area (Å²) >= 11 is 0. The highest BCUT2D eigenvalue weighted by Crippen LogP contribution is 2.32. The van der Waals surface area contributed by atoms with Gasteiger partial charge in [-0.15, -0.1) is 0 Å². The maximum atomic E-state index is 12.1. The van der Waals surface area contributed by atoms with E-state index in [2.05, 4.69) is 0 Å². The molecule has 0 atom stereocenters. The monoisotopic (exact) mass is 349 g/mol. The molecule has 126 valence electrons. The molecule has 24 heavy (non-hydrogen) atoms. The van der Waals surface area contributed by atoms with Gasteiger partial charge in [-0.25, -0.2) is 17.9 Å². The Balaban J connectivity index is 1.60. The number of ether oxygens (including phenoxy) is 3. The summed E-state index contributed by atoms with van der Waals surface area (Å²) in [5, 5.41) is 0. The second kappa shape index (κ2) is 6.40. The van der Waals surface area contributed by atoms with Gasteiger partial charge in [0, 0.05) is 0 Å². The third kappa shape index (κ3) is 3.60. The van der Waals surface area contributed by atoms with Crippen LogP contribution in [-0.4, -0.2) is 21.3 Å². The molecule has 0 unspecified atom stereocenters. The van der Waals surface area contributed by atoms with Crippen LogP contribution in [0, 0.1) is 6.92 Å². The average molecular weight is 349 g/mol. The predicted octanol–water partition coefficient (Wildman–Crippen LogP) is 2.34. The van der Waals surface area contributed by atoms with E-state index in [-0.39, 0.29) is 18.3 Å². The highest BCUT2D eigenvalue weighted by Gasteiger charge is 2.19. The molecule has 0 saturated carbocycles. The lowest BCUT2D eigenvalue weighted by atomic mass is 10.2. The first-order valence-corrected chi connectivity index (χ1v) is 8.57. The Morgan fingerprint density at radius 1 is 1.12 bits per heavy atom. The Morgan fingerprint density at radius 2 is 1.83 bits per heavy atom. The molecule has 1 N–H and O–H groups in total. The Kier molecular flexibility index (Phi) is 4.30. The minimum atomic E-state index is -3.96. The number of fused-ring (bicyclic) bond motifs is 1. The van der Waals surface area contributed by atoms with Gasteiger partial charge in [-0.2, -0.15) is 0 Å². The van der Waals surface area contributed by atoms with Crippen LogP contribution in [0.5, 0.6) is 11.5 Å². The Morgan fingerprint density at radius 3 is 2.58 bits per heavy atom. The van der Waals surface area contributed by atoms with E-state index >= 15 is 0 Å². The first kappa shape index (κ1) is 16.1. The van der Waals surface area contributed by atoms with Crippen LogP contribution < -0.4 is 14.2 Å². The number of carbonyl (C=O) groups excluding carboxylic acids is 1. The van der Waals surface area contributed by atoms with Gasteiger partial charge in [-0.1, -0.05) is 23.8 Å². The molecule has 3 rings (SSSR count). The number of sulfonamides is 1. The fourth-order valence-corrected chi connectivity index (χ4v) is 2.99. The summed E-state index contributed by atoms with van der Waals surface area (Å²) < 4.78 is 41.4. The van der Waals surface area contributed by atoms with Crippen LogP contribution in [0.15, 0.2) is 47.4 Å². The normalized spacial score (nSPS) is 12.7. The van der Waals surface area contributed by atoms with Crippen LogP contribution in [0.1, 0.15) is 11.1 Å². The zero-order valence-electron chi connectivity index (χ0n) is 12.8. The average Bonchev–Trinajstić information content (AvgIpc) is 3.00. The van der Waals surface area contributed by atoms with Gasteiger partial charge in [0.05, 0.1) is 4.90 Å². The molecule has 2 aromatic carbocycles. The van der Waals surface area contributed by atoms with Crippen LogP contribution in [-0.2, 0) is 21.4 Å². The molecule has 0 bridgehead atoms. The van der Waals surface area contributed by atoms with Crippen molar-refractivity contribution in [1.29, 1.82) is 0 Å². The van der Waals surface area contributed by atoms with E-state index in [9.17, 15) is 13.2 Å². The third-order valence-corrected chi connectivity index (χ3v) is 4.68. The van der Waals surface area contributed by atoms with Crippen molar-refractivity contribution in [2.75, 3.05) is 6.79 Å². The molecule has 8 heteroatoms. The molecule has 1 amide bonds. The molecule has 0 spiro atoms. The smallest absolute Gasteiger partial charge is 0.421 e. The Labute approximate surface area is 139 Å². The molecule has 0 fully saturated rings. The fraction of sp³-hybridized carbons (Fsp3) is 0.188. The molecule has 1 aliphatic rings. The van der Waals surface area contributed by atoms with E-state index in [0.29, 0.717) is 17.1 Å². The number of hydrogen-bond donors (Lipinski definition) is 1. The van der Waals surface area contributed by atoms with Crippen LogP contribution in [0.4, 0.5) is 4.79 Å². The predicted molar refractivity (Wildman–Crippen MR) is 84.3 cm³/mol. The first-order valence-electron chi connectivity index (χ1n) is 7.09. The number of carbonyl (C=O) groups is 1. The maximum Gasteiger partial charge on any atom is 0.421 e. The fourth-order valence-electron chi connectivity index (χ4n) is 2.10. The van der Waals surface area contributed by atoms with Gasteiger partial charge in [0.1, 0.15) is 6.61 Å². The zero-order valence-corrected chi connectivity index (χ0v) is 13.6. The van der Waals surface area contributed by atoms with Crippen molar-refractivity contribution >= 4 is 16.1 Å². The van der Waals surface area contributed by atoms with E-state index in [1.54, 1.807) is 30.3 Å². The van der Waals surface area contributed by atoms with E-state index in [0.717, 1.165) is 5.56 Å². The van der Waals surface area contributed by atoms with Crippen molar-refractivity contribution in [2.24, 2.45) is 0 Å². The standard InChI is InChI=1S/C16H15NO6S/c1-11-2-5-13(6-3-11)24(19,20)17-16(18)21-9-12-4-7-14-15(8-12)23-10-22-14/h2-8H,9-10H2,1H3,(H,17,18). The molecular formula is C16H15NO6S. The summed E-state index contributed by atoms with van der Waals surface area (Å²) in [5.74, 6) is 1.17. The van der Waals surface area contributed by atoms with Gasteiger partial charge in [-0.3, -0.25) is 0 Å². The van der Waals surface area contributed by atoms with Gasteiger partial charge < -0.3 is 14.2 Å². The van der Waals surface area contributed by atoms with Crippen LogP contribution in [0.25, 0.3) is 0 Å². The summed E-state index contributed by atoms with van der Waals surface area (Å²) in [5.41, 5.74) is 1.57. The first-order chi connectivity index (χ1) is 11.4. The van der Waals surface area contributed by atoms with Crippen LogP contribution in [0.3, 0.4) is 0 Å². The van der Waals surface area contributed by atoms with E-state index in [1.807, 2.05) is 11.6 Å². The number of amides is 1. The minimum absolute atomic E-state index is 0.00636. The molecular weight excluding hydrogens is 334 g/mol. The number of aryl methyl sites for hydroxylation is 1. The van der Waals surface area contributed by atoms with Crippen molar-refractivity contribution in [3.8, 4) is 11.5 Å². The van der Waals surface area contributed by atoms with Gasteiger partial charge >= 0.3 is 6.09 Å². The number of hydrogen-bond acceptors (Lipinski definition) is 6. The molecule has 0 aliphatic carbocycles. The second-order valence-corrected chi connectivity index (χ2v) is 6.86. The molecule has 0 aromatic heterocycles. The van der Waals surface area contributed by atoms with Crippen molar-refractivity contribution in [1.82, 2.24) is 4.72 Å². The van der Waals surface area contributed by atoms with Gasteiger partial charge in [0.25, 0.3) is 10.0 Å². The van der Waals surface area contributed by atoms with E-state index in [4.69, 9.17) is 14.2 Å². The van der Waals surface area contributed by atoms with Crippen LogP contribution >= 0.6 is 0 Å². The highest BCUT2D eigenvalue weighted by molar-refractivity contribution is 7.90. The minimum Gasteiger partial charge on any atom is -0.454 e. The maximum absolute atomic E-state index is 12.1. The lowest BCUT2D eigenvalue weighted by Crippen LogP contribution is -2.31. The number of rotatable bonds is 4. The van der Waals surface area contributed by atoms with Crippen molar-refractivity contribution < 1.29 is 27.4 Å². The number of benzene rings is 2. The summed E-state index contributed by atoms with van der Waals surface area (Å²) in [6.07, 6.45) is -1.05. The Hall–Kier alpha value is -2.74. The van der Waals surface area contributed by atoms with Crippen molar-refractivity contribution in [3.63, 3.8) is 0 Å². The molecule has 1 aliphatic heterocycles. The lowest BCUT2D eigenvalue weighted by molar-refractivity contribution is 0.145. The quantitative estimate of drug-likeness (QED) is 0.911. The third-order valence-electron chi connectivity index (χ3n) is 3.36. The van der Waals surface area contributed by atoms with E-state index < -0.39 is 16.1 Å². The van der Waals surface area contributed by atoms with E-state index in [1.165, 1.54) is 12.1 Å². The Bertz CT molecular complexity index is 861. The molecule has 7 nitrogen and oxygen atoms in total. The molecule has 0 saturated heterocycles. The van der Waals surface area contributed by atoms with Gasteiger partial charge in [-0.05, 0) is 36.8 Å². The highest BCUT2D eigenvalue weighted by atomic mass is 32.2. The second-order valence-electron chi connectivity index (χ2n) is 5.18. The summed E-state index contributed by atoms with van der Waals surface area (Å²) in [6.45, 7) is 1.89. The molecule has 1 heterocycles. The zero-order chi connectivity index (χ0) is 17.2. The molecule has 0 radical (unpaired) electrons.